The second-order valence-electron chi connectivity index (χ2n) is 8.95. The smallest absolute Gasteiger partial charge is 0.222 e. The number of carbonyl (C=O) groups is 1. The number of hydrogen-bond acceptors (Lipinski definition) is 2. The molecule has 138 valence electrons. The SMILES string of the molecule is CC(C)(C)c1ccc(CCC(=O)N2CCC(NCC3CC3)CC2)cc1. The molecule has 1 N–H and O–H groups in total. The molecule has 0 atom stereocenters. The minimum absolute atomic E-state index is 0.187. The van der Waals surface area contributed by atoms with Crippen molar-refractivity contribution in [2.24, 2.45) is 5.92 Å². The molecule has 1 aromatic carbocycles. The Morgan fingerprint density at radius 3 is 2.28 bits per heavy atom. The topological polar surface area (TPSA) is 32.3 Å². The molecule has 0 bridgehead atoms. The summed E-state index contributed by atoms with van der Waals surface area (Å²) in [6, 6.07) is 9.40. The van der Waals surface area contributed by atoms with Gasteiger partial charge in [-0.05, 0) is 61.1 Å². The average molecular weight is 343 g/mol. The third-order valence-corrected chi connectivity index (χ3v) is 5.69. The lowest BCUT2D eigenvalue weighted by molar-refractivity contribution is -0.132. The molecule has 2 fully saturated rings. The van der Waals surface area contributed by atoms with E-state index < -0.39 is 0 Å². The van der Waals surface area contributed by atoms with Gasteiger partial charge in [0.2, 0.25) is 5.91 Å². The Balaban J connectivity index is 1.39. The molecule has 3 nitrogen and oxygen atoms in total. The Hall–Kier alpha value is -1.35. The zero-order chi connectivity index (χ0) is 17.9. The standard InChI is InChI=1S/C22H34N2O/c1-22(2,3)19-9-6-17(7-10-19)8-11-21(25)24-14-12-20(13-15-24)23-16-18-4-5-18/h6-7,9-10,18,20,23H,4-5,8,11-16H2,1-3H3. The van der Waals surface area contributed by atoms with Crippen LogP contribution in [0.1, 0.15) is 64.0 Å². The zero-order valence-corrected chi connectivity index (χ0v) is 16.2. The summed E-state index contributed by atoms with van der Waals surface area (Å²) in [7, 11) is 0. The van der Waals surface area contributed by atoms with Gasteiger partial charge < -0.3 is 10.2 Å². The predicted molar refractivity (Wildman–Crippen MR) is 104 cm³/mol. The first kappa shape index (κ1) is 18.4. The lowest BCUT2D eigenvalue weighted by atomic mass is 9.86. The van der Waals surface area contributed by atoms with E-state index in [1.165, 1.54) is 30.5 Å². The number of rotatable bonds is 6. The van der Waals surface area contributed by atoms with Crippen molar-refractivity contribution in [2.45, 2.75) is 70.8 Å². The number of likely N-dealkylation sites (tertiary alicyclic amines) is 1. The molecule has 0 unspecified atom stereocenters. The molecule has 1 saturated heterocycles. The average Bonchev–Trinajstić information content (AvgIpc) is 3.42. The Morgan fingerprint density at radius 2 is 1.72 bits per heavy atom. The first-order valence-electron chi connectivity index (χ1n) is 10.0. The molecule has 1 saturated carbocycles. The fourth-order valence-electron chi connectivity index (χ4n) is 3.57. The van der Waals surface area contributed by atoms with Crippen LogP contribution in [0.15, 0.2) is 24.3 Å². The van der Waals surface area contributed by atoms with Crippen molar-refractivity contribution in [3.63, 3.8) is 0 Å². The lowest BCUT2D eigenvalue weighted by Crippen LogP contribution is -2.45. The van der Waals surface area contributed by atoms with Crippen LogP contribution in [0.2, 0.25) is 0 Å². The number of nitrogens with one attached hydrogen (secondary N) is 1. The molecule has 0 radical (unpaired) electrons. The molecule has 3 heteroatoms. The number of piperidine rings is 1. The highest BCUT2D eigenvalue weighted by atomic mass is 16.2. The van der Waals surface area contributed by atoms with Crippen LogP contribution in [0, 0.1) is 5.92 Å². The van der Waals surface area contributed by atoms with E-state index in [9.17, 15) is 4.79 Å². The first-order chi connectivity index (χ1) is 11.9. The van der Waals surface area contributed by atoms with Crippen molar-refractivity contribution < 1.29 is 4.79 Å². The number of amides is 1. The molecule has 3 rings (SSSR count). The van der Waals surface area contributed by atoms with Gasteiger partial charge in [0, 0.05) is 25.6 Å². The van der Waals surface area contributed by atoms with E-state index >= 15 is 0 Å². The summed E-state index contributed by atoms with van der Waals surface area (Å²) < 4.78 is 0. The van der Waals surface area contributed by atoms with Gasteiger partial charge in [-0.1, -0.05) is 45.0 Å². The Morgan fingerprint density at radius 1 is 1.08 bits per heavy atom. The van der Waals surface area contributed by atoms with Gasteiger partial charge >= 0.3 is 0 Å². The third-order valence-electron chi connectivity index (χ3n) is 5.69. The van der Waals surface area contributed by atoms with E-state index in [0.717, 1.165) is 38.3 Å². The van der Waals surface area contributed by atoms with E-state index in [2.05, 4.69) is 55.3 Å². The van der Waals surface area contributed by atoms with Gasteiger partial charge in [0.05, 0.1) is 0 Å². The summed E-state index contributed by atoms with van der Waals surface area (Å²) >= 11 is 0. The summed E-state index contributed by atoms with van der Waals surface area (Å²) in [5.41, 5.74) is 2.80. The van der Waals surface area contributed by atoms with Crippen LogP contribution in [0.5, 0.6) is 0 Å². The van der Waals surface area contributed by atoms with E-state index in [4.69, 9.17) is 0 Å². The van der Waals surface area contributed by atoms with Gasteiger partial charge in [0.1, 0.15) is 0 Å². The highest BCUT2D eigenvalue weighted by Gasteiger charge is 2.25. The molecule has 1 heterocycles. The molecule has 1 aromatic rings. The summed E-state index contributed by atoms with van der Waals surface area (Å²) in [5, 5.41) is 3.68. The number of hydrogen-bond donors (Lipinski definition) is 1. The fourth-order valence-corrected chi connectivity index (χ4v) is 3.57. The van der Waals surface area contributed by atoms with E-state index in [-0.39, 0.29) is 5.41 Å². The largest absolute Gasteiger partial charge is 0.343 e. The maximum absolute atomic E-state index is 12.5. The number of benzene rings is 1. The summed E-state index contributed by atoms with van der Waals surface area (Å²) in [6.07, 6.45) is 6.51. The highest BCUT2D eigenvalue weighted by molar-refractivity contribution is 5.76. The minimum atomic E-state index is 0.187. The summed E-state index contributed by atoms with van der Waals surface area (Å²) in [6.45, 7) is 9.72. The van der Waals surface area contributed by atoms with Crippen LogP contribution < -0.4 is 5.32 Å². The molecule has 1 aliphatic carbocycles. The van der Waals surface area contributed by atoms with Gasteiger partial charge in [0.25, 0.3) is 0 Å². The molecule has 2 aliphatic rings. The van der Waals surface area contributed by atoms with Crippen molar-refractivity contribution in [2.75, 3.05) is 19.6 Å². The zero-order valence-electron chi connectivity index (χ0n) is 16.2. The number of aryl methyl sites for hydroxylation is 1. The third kappa shape index (κ3) is 5.57. The predicted octanol–water partition coefficient (Wildman–Crippen LogP) is 3.91. The maximum Gasteiger partial charge on any atom is 0.222 e. The van der Waals surface area contributed by atoms with Crippen LogP contribution >= 0.6 is 0 Å². The summed E-state index contributed by atoms with van der Waals surface area (Å²) in [5.74, 6) is 1.25. The maximum atomic E-state index is 12.5. The number of carbonyl (C=O) groups excluding carboxylic acids is 1. The van der Waals surface area contributed by atoms with Gasteiger partial charge in [-0.25, -0.2) is 0 Å². The molecule has 1 aliphatic heterocycles. The Bertz CT molecular complexity index is 561. The van der Waals surface area contributed by atoms with Crippen molar-refractivity contribution in [3.8, 4) is 0 Å². The van der Waals surface area contributed by atoms with Crippen molar-refractivity contribution >= 4 is 5.91 Å². The molecule has 0 aromatic heterocycles. The van der Waals surface area contributed by atoms with Crippen LogP contribution in [-0.4, -0.2) is 36.5 Å². The second kappa shape index (κ2) is 7.90. The van der Waals surface area contributed by atoms with E-state index in [1.807, 2.05) is 0 Å². The Kier molecular flexibility index (Phi) is 5.83. The van der Waals surface area contributed by atoms with Gasteiger partial charge in [-0.2, -0.15) is 0 Å². The van der Waals surface area contributed by atoms with Crippen molar-refractivity contribution in [3.05, 3.63) is 35.4 Å². The summed E-state index contributed by atoms with van der Waals surface area (Å²) in [4.78, 5) is 14.6. The molecule has 1 amide bonds. The van der Waals surface area contributed by atoms with E-state index in [0.29, 0.717) is 18.4 Å². The normalized spacial score (nSPS) is 19.2. The van der Waals surface area contributed by atoms with Gasteiger partial charge in [0.15, 0.2) is 0 Å². The molecular weight excluding hydrogens is 308 g/mol. The lowest BCUT2D eigenvalue weighted by Gasteiger charge is -2.32. The van der Waals surface area contributed by atoms with Crippen LogP contribution in [-0.2, 0) is 16.6 Å². The van der Waals surface area contributed by atoms with Crippen LogP contribution in [0.4, 0.5) is 0 Å². The van der Waals surface area contributed by atoms with E-state index in [1.54, 1.807) is 0 Å². The van der Waals surface area contributed by atoms with Crippen molar-refractivity contribution in [1.29, 1.82) is 0 Å². The highest BCUT2D eigenvalue weighted by Crippen LogP contribution is 2.28. The Labute approximate surface area is 153 Å². The van der Waals surface area contributed by atoms with Gasteiger partial charge in [-0.3, -0.25) is 4.79 Å². The minimum Gasteiger partial charge on any atom is -0.343 e. The number of nitrogens with zero attached hydrogens (tertiary/aromatic N) is 1. The van der Waals surface area contributed by atoms with Crippen molar-refractivity contribution in [1.82, 2.24) is 10.2 Å². The first-order valence-corrected chi connectivity index (χ1v) is 10.0. The molecule has 25 heavy (non-hydrogen) atoms. The molecular formula is C22H34N2O. The van der Waals surface area contributed by atoms with Crippen LogP contribution in [0.25, 0.3) is 0 Å². The quantitative estimate of drug-likeness (QED) is 0.850. The monoisotopic (exact) mass is 342 g/mol. The second-order valence-corrected chi connectivity index (χ2v) is 8.95. The fraction of sp³-hybridized carbons (Fsp3) is 0.682. The molecule has 0 spiro atoms. The van der Waals surface area contributed by atoms with Crippen LogP contribution in [0.3, 0.4) is 0 Å². The van der Waals surface area contributed by atoms with Gasteiger partial charge in [-0.15, -0.1) is 0 Å².